The Labute approximate surface area is 207 Å². The molecule has 0 aliphatic carbocycles. The van der Waals surface area contributed by atoms with Gasteiger partial charge in [0.15, 0.2) is 5.96 Å². The normalized spacial score (nSPS) is 14.2. The minimum absolute atomic E-state index is 0.0353. The van der Waals surface area contributed by atoms with E-state index >= 15 is 0 Å². The highest BCUT2D eigenvalue weighted by Crippen LogP contribution is 2.03. The van der Waals surface area contributed by atoms with Gasteiger partial charge in [-0.25, -0.2) is 9.78 Å². The Morgan fingerprint density at radius 2 is 1.62 bits per heavy atom. The molecule has 1 aromatic heterocycles. The van der Waals surface area contributed by atoms with Crippen LogP contribution in [0.15, 0.2) is 17.5 Å². The first-order chi connectivity index (χ1) is 16.1. The van der Waals surface area contributed by atoms with E-state index in [4.69, 9.17) is 22.3 Å². The van der Waals surface area contributed by atoms with Crippen molar-refractivity contribution in [2.45, 2.75) is 43.4 Å². The molecule has 16 heteroatoms. The van der Waals surface area contributed by atoms with Crippen LogP contribution in [-0.2, 0) is 25.6 Å². The molecule has 11 N–H and O–H groups in total. The molecule has 0 radical (unpaired) electrons. The van der Waals surface area contributed by atoms with Gasteiger partial charge in [0.25, 0.3) is 0 Å². The number of nitrogens with zero attached hydrogens (tertiary/aromatic N) is 2. The molecule has 3 amide bonds. The van der Waals surface area contributed by atoms with Gasteiger partial charge in [0.05, 0.1) is 12.4 Å². The quantitative estimate of drug-likeness (QED) is 0.0484. The average molecular weight is 518 g/mol. The van der Waals surface area contributed by atoms with E-state index in [2.05, 4.69) is 56.2 Å². The lowest BCUT2D eigenvalue weighted by atomic mass is 10.1. The van der Waals surface area contributed by atoms with Gasteiger partial charge in [-0.3, -0.25) is 19.4 Å². The van der Waals surface area contributed by atoms with E-state index in [0.717, 1.165) is 0 Å². The Hall–Kier alpha value is -2.98. The van der Waals surface area contributed by atoms with Crippen LogP contribution in [0.2, 0.25) is 0 Å². The highest BCUT2D eigenvalue weighted by molar-refractivity contribution is 7.80. The smallest absolute Gasteiger partial charge is 0.327 e. The van der Waals surface area contributed by atoms with Crippen molar-refractivity contribution in [3.63, 3.8) is 0 Å². The first kappa shape index (κ1) is 29.1. The summed E-state index contributed by atoms with van der Waals surface area (Å²) < 4.78 is 0. The van der Waals surface area contributed by atoms with Crippen LogP contribution in [-0.4, -0.2) is 86.9 Å². The molecular weight excluding hydrogens is 486 g/mol. The molecule has 0 bridgehead atoms. The van der Waals surface area contributed by atoms with Gasteiger partial charge in [-0.15, -0.1) is 0 Å². The zero-order valence-corrected chi connectivity index (χ0v) is 20.1. The van der Waals surface area contributed by atoms with E-state index in [1.165, 1.54) is 12.5 Å². The molecule has 1 heterocycles. The molecular formula is C18H31N9O5S2. The van der Waals surface area contributed by atoms with Gasteiger partial charge in [0, 0.05) is 36.4 Å². The zero-order chi connectivity index (χ0) is 25.7. The van der Waals surface area contributed by atoms with Gasteiger partial charge < -0.3 is 43.2 Å². The molecule has 0 saturated carbocycles. The number of rotatable bonds is 15. The van der Waals surface area contributed by atoms with Crippen LogP contribution in [0.5, 0.6) is 0 Å². The molecule has 4 unspecified atom stereocenters. The molecule has 190 valence electrons. The van der Waals surface area contributed by atoms with Crippen LogP contribution in [0.1, 0.15) is 18.5 Å². The number of carboxylic acid groups (broad SMARTS) is 1. The fraction of sp³-hybridized carbons (Fsp3) is 0.556. The topological polar surface area (TPSA) is 244 Å². The van der Waals surface area contributed by atoms with Crippen LogP contribution >= 0.6 is 25.3 Å². The van der Waals surface area contributed by atoms with Gasteiger partial charge in [0.1, 0.15) is 18.1 Å². The van der Waals surface area contributed by atoms with Gasteiger partial charge in [-0.2, -0.15) is 25.3 Å². The van der Waals surface area contributed by atoms with E-state index in [0.29, 0.717) is 18.7 Å². The third-order valence-corrected chi connectivity index (χ3v) is 5.26. The number of hydrogen-bond donors (Lipinski definition) is 10. The fourth-order valence-electron chi connectivity index (χ4n) is 2.68. The predicted molar refractivity (Wildman–Crippen MR) is 131 cm³/mol. The van der Waals surface area contributed by atoms with Gasteiger partial charge in [-0.05, 0) is 12.8 Å². The Morgan fingerprint density at radius 1 is 1.03 bits per heavy atom. The Bertz CT molecular complexity index is 849. The number of aromatic amines is 1. The highest BCUT2D eigenvalue weighted by Gasteiger charge is 2.29. The maximum absolute atomic E-state index is 12.9. The zero-order valence-electron chi connectivity index (χ0n) is 18.3. The van der Waals surface area contributed by atoms with Gasteiger partial charge >= 0.3 is 5.97 Å². The molecule has 0 fully saturated rings. The van der Waals surface area contributed by atoms with Crippen LogP contribution in [0.25, 0.3) is 0 Å². The second-order valence-electron chi connectivity index (χ2n) is 7.22. The van der Waals surface area contributed by atoms with Crippen molar-refractivity contribution in [1.29, 1.82) is 0 Å². The predicted octanol–water partition coefficient (Wildman–Crippen LogP) is -3.27. The number of nitrogens with one attached hydrogen (secondary N) is 4. The number of carboxylic acids is 1. The van der Waals surface area contributed by atoms with Gasteiger partial charge in [0.2, 0.25) is 17.7 Å². The second-order valence-corrected chi connectivity index (χ2v) is 7.95. The number of guanidine groups is 1. The first-order valence-electron chi connectivity index (χ1n) is 10.2. The van der Waals surface area contributed by atoms with Crippen molar-refractivity contribution in [3.05, 3.63) is 18.2 Å². The van der Waals surface area contributed by atoms with Crippen molar-refractivity contribution in [3.8, 4) is 0 Å². The first-order valence-corrected chi connectivity index (χ1v) is 11.5. The van der Waals surface area contributed by atoms with Gasteiger partial charge in [-0.1, -0.05) is 0 Å². The monoisotopic (exact) mass is 517 g/mol. The maximum Gasteiger partial charge on any atom is 0.327 e. The van der Waals surface area contributed by atoms with Crippen molar-refractivity contribution in [2.75, 3.05) is 18.1 Å². The number of aromatic nitrogens is 2. The summed E-state index contributed by atoms with van der Waals surface area (Å²) in [6.07, 6.45) is 3.64. The number of hydrogen-bond acceptors (Lipinski definition) is 9. The summed E-state index contributed by atoms with van der Waals surface area (Å²) >= 11 is 7.95. The summed E-state index contributed by atoms with van der Waals surface area (Å²) in [6, 6.07) is -4.44. The third kappa shape index (κ3) is 10.3. The molecule has 0 aliphatic heterocycles. The number of aliphatic imine (C=N–C) groups is 1. The molecule has 0 spiro atoms. The number of carbonyl (C=O) groups excluding carboxylic acids is 3. The highest BCUT2D eigenvalue weighted by atomic mass is 32.1. The van der Waals surface area contributed by atoms with E-state index in [1.54, 1.807) is 0 Å². The van der Waals surface area contributed by atoms with E-state index in [1.807, 2.05) is 0 Å². The number of H-pyrrole nitrogens is 1. The largest absolute Gasteiger partial charge is 0.480 e. The van der Waals surface area contributed by atoms with Crippen molar-refractivity contribution in [1.82, 2.24) is 25.9 Å². The van der Waals surface area contributed by atoms with Crippen LogP contribution < -0.4 is 33.2 Å². The van der Waals surface area contributed by atoms with Crippen molar-refractivity contribution >= 4 is 54.9 Å². The lowest BCUT2D eigenvalue weighted by molar-refractivity contribution is -0.141. The standard InChI is InChI=1S/C18H31N9O5S2/c19-10(2-1-3-23-18(20)21)14(28)25-11(4-9-5-22-8-24-9)15(29)26-12(6-33)16(30)27-13(7-34)17(31)32/h5,8,10-13,33-34H,1-4,6-7,19H2,(H,22,24)(H,25,28)(H,26,29)(H,27,30)(H,31,32)(H4,20,21,23). The fourth-order valence-corrected chi connectivity index (χ4v) is 3.18. The van der Waals surface area contributed by atoms with E-state index in [-0.39, 0.29) is 30.3 Å². The van der Waals surface area contributed by atoms with E-state index in [9.17, 15) is 19.2 Å². The summed E-state index contributed by atoms with van der Waals surface area (Å²) in [5, 5.41) is 16.4. The van der Waals surface area contributed by atoms with Crippen LogP contribution in [0, 0.1) is 0 Å². The number of amides is 3. The number of thiol groups is 2. The van der Waals surface area contributed by atoms with Crippen molar-refractivity contribution < 1.29 is 24.3 Å². The third-order valence-electron chi connectivity index (χ3n) is 4.53. The van der Waals surface area contributed by atoms with Crippen molar-refractivity contribution in [2.24, 2.45) is 22.2 Å². The Kier molecular flexibility index (Phi) is 12.8. The summed E-state index contributed by atoms with van der Waals surface area (Å²) in [5.74, 6) is -3.64. The molecule has 0 saturated heterocycles. The molecule has 0 aromatic carbocycles. The summed E-state index contributed by atoms with van der Waals surface area (Å²) in [6.45, 7) is 0.295. The molecule has 1 aromatic rings. The summed E-state index contributed by atoms with van der Waals surface area (Å²) in [5.41, 5.74) is 17.0. The Morgan fingerprint density at radius 3 is 2.15 bits per heavy atom. The lowest BCUT2D eigenvalue weighted by Gasteiger charge is -2.24. The minimum Gasteiger partial charge on any atom is -0.480 e. The maximum atomic E-state index is 12.9. The Balaban J connectivity index is 2.84. The molecule has 34 heavy (non-hydrogen) atoms. The molecule has 0 aliphatic rings. The number of carbonyl (C=O) groups is 4. The molecule has 14 nitrogen and oxygen atoms in total. The lowest BCUT2D eigenvalue weighted by Crippen LogP contribution is -2.58. The summed E-state index contributed by atoms with van der Waals surface area (Å²) in [4.78, 5) is 59.6. The number of nitrogens with two attached hydrogens (primary N) is 3. The average Bonchev–Trinajstić information content (AvgIpc) is 3.30. The molecule has 1 rings (SSSR count). The summed E-state index contributed by atoms with van der Waals surface area (Å²) in [7, 11) is 0. The number of imidazole rings is 1. The van der Waals surface area contributed by atoms with Crippen LogP contribution in [0.3, 0.4) is 0 Å². The SMILES string of the molecule is NC(N)=NCCCC(N)C(=O)NC(Cc1cnc[nH]1)C(=O)NC(CS)C(=O)NC(CS)C(=O)O. The molecule has 4 atom stereocenters. The number of aliphatic carboxylic acids is 1. The van der Waals surface area contributed by atoms with Crippen LogP contribution in [0.4, 0.5) is 0 Å². The van der Waals surface area contributed by atoms with E-state index < -0.39 is 47.9 Å². The second kappa shape index (κ2) is 15.0. The minimum atomic E-state index is -1.27.